The maximum Gasteiger partial charge on any atom is 0.295 e. The maximum atomic E-state index is 13.0. The molecule has 0 bridgehead atoms. The van der Waals surface area contributed by atoms with Crippen molar-refractivity contribution in [3.05, 3.63) is 92.7 Å². The van der Waals surface area contributed by atoms with E-state index in [4.69, 9.17) is 34.8 Å². The minimum absolute atomic E-state index is 0.0157. The third-order valence-electron chi connectivity index (χ3n) is 4.68. The Balaban J connectivity index is 1.80. The Morgan fingerprint density at radius 2 is 1.74 bits per heavy atom. The fourth-order valence-electron chi connectivity index (χ4n) is 3.07. The van der Waals surface area contributed by atoms with Gasteiger partial charge < -0.3 is 5.32 Å². The maximum absolute atomic E-state index is 13.0. The van der Waals surface area contributed by atoms with E-state index in [9.17, 15) is 4.79 Å². The van der Waals surface area contributed by atoms with Crippen molar-refractivity contribution in [2.24, 2.45) is 0 Å². The highest BCUT2D eigenvalue weighted by atomic mass is 35.5. The lowest BCUT2D eigenvalue weighted by molar-refractivity contribution is 0.101. The third kappa shape index (κ3) is 4.59. The van der Waals surface area contributed by atoms with E-state index in [-0.39, 0.29) is 5.82 Å². The Bertz CT molecular complexity index is 1300. The van der Waals surface area contributed by atoms with Gasteiger partial charge in [-0.15, -0.1) is 5.10 Å². The number of rotatable bonds is 4. The molecule has 4 rings (SSSR count). The summed E-state index contributed by atoms with van der Waals surface area (Å²) >= 11 is 18.4. The van der Waals surface area contributed by atoms with Crippen molar-refractivity contribution in [2.45, 2.75) is 13.8 Å². The largest absolute Gasteiger partial charge is 0.319 e. The molecule has 1 aromatic heterocycles. The Kier molecular flexibility index (Phi) is 6.01. The van der Waals surface area contributed by atoms with Crippen molar-refractivity contribution in [1.82, 2.24) is 14.8 Å². The second kappa shape index (κ2) is 8.71. The van der Waals surface area contributed by atoms with Gasteiger partial charge in [0.05, 0.1) is 15.7 Å². The lowest BCUT2D eigenvalue weighted by Crippen LogP contribution is -2.15. The lowest BCUT2D eigenvalue weighted by atomic mass is 10.1. The molecule has 0 saturated carbocycles. The van der Waals surface area contributed by atoms with E-state index in [0.29, 0.717) is 37.8 Å². The summed E-state index contributed by atoms with van der Waals surface area (Å²) in [6.07, 6.45) is 0. The highest BCUT2D eigenvalue weighted by molar-refractivity contribution is 6.42. The molecule has 0 aliphatic heterocycles. The zero-order chi connectivity index (χ0) is 22.1. The summed E-state index contributed by atoms with van der Waals surface area (Å²) < 4.78 is 1.55. The van der Waals surface area contributed by atoms with E-state index in [2.05, 4.69) is 15.4 Å². The molecule has 3 aromatic carbocycles. The average Bonchev–Trinajstić information content (AvgIpc) is 3.18. The van der Waals surface area contributed by atoms with Gasteiger partial charge in [-0.05, 0) is 61.4 Å². The van der Waals surface area contributed by atoms with Crippen LogP contribution in [-0.4, -0.2) is 20.7 Å². The standard InChI is InChI=1S/C23H17Cl3N4O/c1-13-6-7-14(2)20(10-13)27-23(31)21-28-22(15-4-3-5-16(24)11-15)30(29-21)17-8-9-18(25)19(26)12-17/h3-12H,1-2H3,(H,27,31). The quantitative estimate of drug-likeness (QED) is 0.357. The van der Waals surface area contributed by atoms with Crippen molar-refractivity contribution >= 4 is 46.4 Å². The number of nitrogens with zero attached hydrogens (tertiary/aromatic N) is 3. The molecule has 0 aliphatic carbocycles. The minimum atomic E-state index is -0.421. The van der Waals surface area contributed by atoms with E-state index >= 15 is 0 Å². The van der Waals surface area contributed by atoms with Gasteiger partial charge in [0.25, 0.3) is 5.91 Å². The molecule has 156 valence electrons. The summed E-state index contributed by atoms with van der Waals surface area (Å²) in [5.41, 5.74) is 4.01. The highest BCUT2D eigenvalue weighted by Gasteiger charge is 2.20. The van der Waals surface area contributed by atoms with Crippen molar-refractivity contribution in [1.29, 1.82) is 0 Å². The first-order chi connectivity index (χ1) is 14.8. The Hall–Kier alpha value is -2.86. The molecule has 0 unspecified atom stereocenters. The minimum Gasteiger partial charge on any atom is -0.319 e. The molecule has 0 spiro atoms. The zero-order valence-corrected chi connectivity index (χ0v) is 18.9. The van der Waals surface area contributed by atoms with Crippen LogP contribution in [0.2, 0.25) is 15.1 Å². The van der Waals surface area contributed by atoms with E-state index in [1.807, 2.05) is 38.1 Å². The lowest BCUT2D eigenvalue weighted by Gasteiger charge is -2.08. The molecule has 0 aliphatic rings. The Labute approximate surface area is 194 Å². The van der Waals surface area contributed by atoms with E-state index < -0.39 is 5.91 Å². The van der Waals surface area contributed by atoms with Crippen molar-refractivity contribution < 1.29 is 4.79 Å². The van der Waals surface area contributed by atoms with Gasteiger partial charge in [-0.2, -0.15) is 0 Å². The van der Waals surface area contributed by atoms with Crippen LogP contribution in [0.25, 0.3) is 17.1 Å². The molecule has 8 heteroatoms. The number of amides is 1. The van der Waals surface area contributed by atoms with Gasteiger partial charge in [-0.1, -0.05) is 59.1 Å². The monoisotopic (exact) mass is 470 g/mol. The van der Waals surface area contributed by atoms with Gasteiger partial charge in [0.15, 0.2) is 5.82 Å². The van der Waals surface area contributed by atoms with Crippen LogP contribution in [0.15, 0.2) is 60.7 Å². The number of nitrogens with one attached hydrogen (secondary N) is 1. The molecule has 0 atom stereocenters. The number of hydrogen-bond donors (Lipinski definition) is 1. The summed E-state index contributed by atoms with van der Waals surface area (Å²) in [5, 5.41) is 8.68. The summed E-state index contributed by atoms with van der Waals surface area (Å²) in [6.45, 7) is 3.89. The van der Waals surface area contributed by atoms with Crippen LogP contribution in [-0.2, 0) is 0 Å². The molecule has 0 fully saturated rings. The van der Waals surface area contributed by atoms with Crippen molar-refractivity contribution in [3.8, 4) is 17.1 Å². The van der Waals surface area contributed by atoms with Gasteiger partial charge in [-0.25, -0.2) is 9.67 Å². The fourth-order valence-corrected chi connectivity index (χ4v) is 3.55. The van der Waals surface area contributed by atoms with Crippen LogP contribution in [0.1, 0.15) is 21.7 Å². The van der Waals surface area contributed by atoms with Gasteiger partial charge in [-0.3, -0.25) is 4.79 Å². The number of carbonyl (C=O) groups is 1. The number of aryl methyl sites for hydroxylation is 2. The molecule has 1 N–H and O–H groups in total. The summed E-state index contributed by atoms with van der Waals surface area (Å²) in [7, 11) is 0. The molecule has 0 saturated heterocycles. The van der Waals surface area contributed by atoms with Crippen LogP contribution in [0.4, 0.5) is 5.69 Å². The number of carbonyl (C=O) groups excluding carboxylic acids is 1. The van der Waals surface area contributed by atoms with Gasteiger partial charge >= 0.3 is 0 Å². The Morgan fingerprint density at radius 1 is 0.935 bits per heavy atom. The first-order valence-electron chi connectivity index (χ1n) is 9.39. The van der Waals surface area contributed by atoms with Crippen LogP contribution in [0.5, 0.6) is 0 Å². The molecule has 0 radical (unpaired) electrons. The van der Waals surface area contributed by atoms with Gasteiger partial charge in [0.2, 0.25) is 5.82 Å². The SMILES string of the molecule is Cc1ccc(C)c(NC(=O)c2nc(-c3cccc(Cl)c3)n(-c3ccc(Cl)c(Cl)c3)n2)c1. The second-order valence-electron chi connectivity index (χ2n) is 7.05. The normalized spacial score (nSPS) is 10.9. The number of halogens is 3. The molecule has 1 amide bonds. The topological polar surface area (TPSA) is 59.8 Å². The average molecular weight is 472 g/mol. The number of anilines is 1. The van der Waals surface area contributed by atoms with Crippen molar-refractivity contribution in [2.75, 3.05) is 5.32 Å². The van der Waals surface area contributed by atoms with Gasteiger partial charge in [0, 0.05) is 16.3 Å². The van der Waals surface area contributed by atoms with Crippen LogP contribution >= 0.6 is 34.8 Å². The summed E-state index contributed by atoms with van der Waals surface area (Å²) in [6, 6.07) is 18.1. The first-order valence-corrected chi connectivity index (χ1v) is 10.5. The number of aromatic nitrogens is 3. The van der Waals surface area contributed by atoms with E-state index in [0.717, 1.165) is 11.1 Å². The first kappa shape index (κ1) is 21.4. The Morgan fingerprint density at radius 3 is 2.48 bits per heavy atom. The van der Waals surface area contributed by atoms with Crippen LogP contribution in [0, 0.1) is 13.8 Å². The molecule has 4 aromatic rings. The van der Waals surface area contributed by atoms with Gasteiger partial charge in [0.1, 0.15) is 0 Å². The number of benzene rings is 3. The number of hydrogen-bond acceptors (Lipinski definition) is 3. The summed E-state index contributed by atoms with van der Waals surface area (Å²) in [4.78, 5) is 17.5. The van der Waals surface area contributed by atoms with E-state index in [1.54, 1.807) is 41.1 Å². The smallest absolute Gasteiger partial charge is 0.295 e. The predicted octanol–water partition coefficient (Wildman–Crippen LogP) is 6.76. The fraction of sp³-hybridized carbons (Fsp3) is 0.0870. The second-order valence-corrected chi connectivity index (χ2v) is 8.30. The predicted molar refractivity (Wildman–Crippen MR) is 126 cm³/mol. The molecule has 31 heavy (non-hydrogen) atoms. The molecular weight excluding hydrogens is 455 g/mol. The summed E-state index contributed by atoms with van der Waals surface area (Å²) in [5.74, 6) is 0.0461. The van der Waals surface area contributed by atoms with Crippen molar-refractivity contribution in [3.63, 3.8) is 0 Å². The zero-order valence-electron chi connectivity index (χ0n) is 16.7. The van der Waals surface area contributed by atoms with E-state index in [1.165, 1.54) is 0 Å². The molecule has 5 nitrogen and oxygen atoms in total. The molecule has 1 heterocycles. The van der Waals surface area contributed by atoms with Crippen LogP contribution < -0.4 is 5.32 Å². The van der Waals surface area contributed by atoms with Crippen LogP contribution in [0.3, 0.4) is 0 Å². The third-order valence-corrected chi connectivity index (χ3v) is 5.66. The highest BCUT2D eigenvalue weighted by Crippen LogP contribution is 2.28. The molecular formula is C23H17Cl3N4O.